The average molecular weight is 446 g/mol. The highest BCUT2D eigenvalue weighted by atomic mass is 127. The highest BCUT2D eigenvalue weighted by molar-refractivity contribution is 14.0. The number of halogens is 1. The summed E-state index contributed by atoms with van der Waals surface area (Å²) in [5, 5.41) is 6.77. The van der Waals surface area contributed by atoms with Crippen molar-refractivity contribution in [1.29, 1.82) is 0 Å². The van der Waals surface area contributed by atoms with Crippen LogP contribution in [-0.4, -0.2) is 43.1 Å². The van der Waals surface area contributed by atoms with Crippen LogP contribution in [0, 0.1) is 6.92 Å². The van der Waals surface area contributed by atoms with Crippen LogP contribution in [0.5, 0.6) is 0 Å². The minimum absolute atomic E-state index is 0. The largest absolute Gasteiger partial charge is 0.356 e. The first-order valence-electron chi connectivity index (χ1n) is 8.69. The number of hydrogen-bond acceptors (Lipinski definition) is 2. The standard InChI is InChI=1S/C19H34N4.HI/c1-15(2)23(16(3)4)12-8-11-21-19(20-6)22-14-18-10-7-9-17(5)13-18;/h7,9-10,13,15-16H,8,11-12,14H2,1-6H3,(H2,20,21,22);1H. The van der Waals surface area contributed by atoms with Crippen LogP contribution in [0.2, 0.25) is 0 Å². The molecular formula is C19H35IN4. The maximum Gasteiger partial charge on any atom is 0.191 e. The summed E-state index contributed by atoms with van der Waals surface area (Å²) in [6.07, 6.45) is 1.11. The summed E-state index contributed by atoms with van der Waals surface area (Å²) in [5.41, 5.74) is 2.56. The van der Waals surface area contributed by atoms with Crippen molar-refractivity contribution in [1.82, 2.24) is 15.5 Å². The normalized spacial score (nSPS) is 11.8. The van der Waals surface area contributed by atoms with E-state index < -0.39 is 0 Å². The van der Waals surface area contributed by atoms with E-state index in [9.17, 15) is 0 Å². The number of benzene rings is 1. The van der Waals surface area contributed by atoms with E-state index in [-0.39, 0.29) is 24.0 Å². The van der Waals surface area contributed by atoms with Crippen LogP contribution in [0.1, 0.15) is 45.2 Å². The SMILES string of the molecule is CN=C(NCCCN(C(C)C)C(C)C)NCc1cccc(C)c1.I. The van der Waals surface area contributed by atoms with Crippen LogP contribution in [0.3, 0.4) is 0 Å². The molecule has 1 rings (SSSR count). The predicted molar refractivity (Wildman–Crippen MR) is 116 cm³/mol. The van der Waals surface area contributed by atoms with Gasteiger partial charge in [0.25, 0.3) is 0 Å². The van der Waals surface area contributed by atoms with Gasteiger partial charge in [-0.3, -0.25) is 9.89 Å². The van der Waals surface area contributed by atoms with Gasteiger partial charge in [0.2, 0.25) is 0 Å². The predicted octanol–water partition coefficient (Wildman–Crippen LogP) is 3.79. The van der Waals surface area contributed by atoms with Crippen molar-refractivity contribution in [2.75, 3.05) is 20.1 Å². The number of hydrogen-bond donors (Lipinski definition) is 2. The molecule has 138 valence electrons. The summed E-state index contributed by atoms with van der Waals surface area (Å²) in [6.45, 7) is 14.0. The van der Waals surface area contributed by atoms with Gasteiger partial charge in [-0.05, 0) is 46.6 Å². The second-order valence-corrected chi connectivity index (χ2v) is 6.62. The van der Waals surface area contributed by atoms with E-state index in [2.05, 4.69) is 79.4 Å². The summed E-state index contributed by atoms with van der Waals surface area (Å²) >= 11 is 0. The van der Waals surface area contributed by atoms with E-state index in [1.165, 1.54) is 11.1 Å². The molecule has 5 heteroatoms. The van der Waals surface area contributed by atoms with E-state index in [4.69, 9.17) is 0 Å². The molecule has 0 heterocycles. The van der Waals surface area contributed by atoms with Crippen LogP contribution in [0.15, 0.2) is 29.3 Å². The molecule has 0 fully saturated rings. The van der Waals surface area contributed by atoms with Gasteiger partial charge in [0.15, 0.2) is 5.96 Å². The lowest BCUT2D eigenvalue weighted by atomic mass is 10.1. The Morgan fingerprint density at radius 1 is 1.12 bits per heavy atom. The molecular weight excluding hydrogens is 411 g/mol. The lowest BCUT2D eigenvalue weighted by Gasteiger charge is -2.30. The summed E-state index contributed by atoms with van der Waals surface area (Å²) < 4.78 is 0. The second-order valence-electron chi connectivity index (χ2n) is 6.62. The lowest BCUT2D eigenvalue weighted by Crippen LogP contribution is -2.41. The zero-order valence-corrected chi connectivity index (χ0v) is 18.4. The zero-order valence-electron chi connectivity index (χ0n) is 16.1. The fourth-order valence-electron chi connectivity index (χ4n) is 2.81. The van der Waals surface area contributed by atoms with Crippen LogP contribution in [0.25, 0.3) is 0 Å². The van der Waals surface area contributed by atoms with Crippen LogP contribution < -0.4 is 10.6 Å². The molecule has 0 atom stereocenters. The van der Waals surface area contributed by atoms with Gasteiger partial charge in [-0.1, -0.05) is 29.8 Å². The van der Waals surface area contributed by atoms with E-state index in [0.717, 1.165) is 32.0 Å². The molecule has 0 aliphatic rings. The molecule has 0 saturated carbocycles. The van der Waals surface area contributed by atoms with Crippen LogP contribution >= 0.6 is 24.0 Å². The topological polar surface area (TPSA) is 39.7 Å². The average Bonchev–Trinajstić information content (AvgIpc) is 2.49. The summed E-state index contributed by atoms with van der Waals surface area (Å²) in [7, 11) is 1.82. The fraction of sp³-hybridized carbons (Fsp3) is 0.632. The molecule has 2 N–H and O–H groups in total. The maximum absolute atomic E-state index is 4.29. The van der Waals surface area contributed by atoms with E-state index in [1.54, 1.807) is 0 Å². The monoisotopic (exact) mass is 446 g/mol. The summed E-state index contributed by atoms with van der Waals surface area (Å²) in [4.78, 5) is 6.81. The smallest absolute Gasteiger partial charge is 0.191 e. The molecule has 0 aliphatic heterocycles. The minimum atomic E-state index is 0. The third-order valence-corrected chi connectivity index (χ3v) is 3.98. The Kier molecular flexibility index (Phi) is 12.1. The van der Waals surface area contributed by atoms with Crippen molar-refractivity contribution in [3.05, 3.63) is 35.4 Å². The molecule has 0 radical (unpaired) electrons. The number of nitrogens with zero attached hydrogens (tertiary/aromatic N) is 2. The first-order chi connectivity index (χ1) is 10.9. The summed E-state index contributed by atoms with van der Waals surface area (Å²) in [6, 6.07) is 9.73. The van der Waals surface area contributed by atoms with E-state index >= 15 is 0 Å². The number of aryl methyl sites for hydroxylation is 1. The van der Waals surface area contributed by atoms with Gasteiger partial charge in [0.1, 0.15) is 0 Å². The number of guanidine groups is 1. The molecule has 0 amide bonds. The molecule has 4 nitrogen and oxygen atoms in total. The Labute approximate surface area is 165 Å². The van der Waals surface area contributed by atoms with Crippen molar-refractivity contribution < 1.29 is 0 Å². The van der Waals surface area contributed by atoms with Crippen LogP contribution in [0.4, 0.5) is 0 Å². The number of rotatable bonds is 8. The molecule has 0 aromatic heterocycles. The first kappa shape index (κ1) is 23.2. The van der Waals surface area contributed by atoms with Gasteiger partial charge in [-0.2, -0.15) is 0 Å². The lowest BCUT2D eigenvalue weighted by molar-refractivity contribution is 0.173. The van der Waals surface area contributed by atoms with Gasteiger partial charge >= 0.3 is 0 Å². The maximum atomic E-state index is 4.29. The molecule has 0 saturated heterocycles. The van der Waals surface area contributed by atoms with Gasteiger partial charge < -0.3 is 10.6 Å². The Morgan fingerprint density at radius 2 is 1.79 bits per heavy atom. The Balaban J connectivity index is 0.00000529. The van der Waals surface area contributed by atoms with E-state index in [1.807, 2.05) is 7.05 Å². The van der Waals surface area contributed by atoms with Crippen molar-refractivity contribution in [2.24, 2.45) is 4.99 Å². The highest BCUT2D eigenvalue weighted by Crippen LogP contribution is 2.05. The van der Waals surface area contributed by atoms with Crippen molar-refractivity contribution in [3.63, 3.8) is 0 Å². The van der Waals surface area contributed by atoms with Crippen molar-refractivity contribution >= 4 is 29.9 Å². The van der Waals surface area contributed by atoms with Gasteiger partial charge in [-0.25, -0.2) is 0 Å². The van der Waals surface area contributed by atoms with Gasteiger partial charge in [-0.15, -0.1) is 24.0 Å². The quantitative estimate of drug-likeness (QED) is 0.276. The Hall–Kier alpha value is -0.820. The second kappa shape index (κ2) is 12.5. The molecule has 1 aromatic rings. The Morgan fingerprint density at radius 3 is 2.33 bits per heavy atom. The molecule has 0 aliphatic carbocycles. The third-order valence-electron chi connectivity index (χ3n) is 3.98. The van der Waals surface area contributed by atoms with Gasteiger partial charge in [0, 0.05) is 38.8 Å². The summed E-state index contributed by atoms with van der Waals surface area (Å²) in [5.74, 6) is 0.868. The zero-order chi connectivity index (χ0) is 17.2. The Bertz CT molecular complexity index is 478. The first-order valence-corrected chi connectivity index (χ1v) is 8.69. The van der Waals surface area contributed by atoms with Crippen molar-refractivity contribution in [2.45, 2.75) is 59.7 Å². The third kappa shape index (κ3) is 8.87. The fourth-order valence-corrected chi connectivity index (χ4v) is 2.81. The van der Waals surface area contributed by atoms with Gasteiger partial charge in [0.05, 0.1) is 0 Å². The molecule has 0 spiro atoms. The number of aliphatic imine (C=N–C) groups is 1. The molecule has 0 unspecified atom stereocenters. The van der Waals surface area contributed by atoms with Crippen LogP contribution in [-0.2, 0) is 6.54 Å². The molecule has 24 heavy (non-hydrogen) atoms. The van der Waals surface area contributed by atoms with Crippen molar-refractivity contribution in [3.8, 4) is 0 Å². The minimum Gasteiger partial charge on any atom is -0.356 e. The van der Waals surface area contributed by atoms with E-state index in [0.29, 0.717) is 12.1 Å². The highest BCUT2D eigenvalue weighted by Gasteiger charge is 2.12. The molecule has 1 aromatic carbocycles. The molecule has 0 bridgehead atoms. The number of nitrogens with one attached hydrogen (secondary N) is 2.